The van der Waals surface area contributed by atoms with Gasteiger partial charge in [0.1, 0.15) is 0 Å². The van der Waals surface area contributed by atoms with Gasteiger partial charge in [0.25, 0.3) is 0 Å². The molecular weight excluding hydrogens is 278 g/mol. The van der Waals surface area contributed by atoms with Crippen LogP contribution in [0.2, 0.25) is 0 Å². The molecule has 116 valence electrons. The Balaban J connectivity index is 1.88. The van der Waals surface area contributed by atoms with Gasteiger partial charge >= 0.3 is 0 Å². The van der Waals surface area contributed by atoms with E-state index < -0.39 is 10.0 Å². The minimum Gasteiger partial charge on any atom is -0.341 e. The number of nitrogens with two attached hydrogens (primary N) is 1. The number of nitrogens with zero attached hydrogens (tertiary/aromatic N) is 2. The molecule has 1 saturated carbocycles. The zero-order chi connectivity index (χ0) is 14.8. The Bertz CT molecular complexity index is 452. The number of hydrogen-bond donors (Lipinski definition) is 1. The van der Waals surface area contributed by atoms with E-state index in [9.17, 15) is 13.2 Å². The topological polar surface area (TPSA) is 83.7 Å². The van der Waals surface area contributed by atoms with Crippen LogP contribution in [0.25, 0.3) is 0 Å². The summed E-state index contributed by atoms with van der Waals surface area (Å²) in [5.41, 5.74) is 6.01. The lowest BCUT2D eigenvalue weighted by Crippen LogP contribution is -2.38. The smallest absolute Gasteiger partial charge is 0.222 e. The molecule has 0 aromatic rings. The van der Waals surface area contributed by atoms with Crippen LogP contribution in [-0.2, 0) is 14.8 Å². The second-order valence-electron chi connectivity index (χ2n) is 5.96. The van der Waals surface area contributed by atoms with E-state index >= 15 is 0 Å². The Morgan fingerprint density at radius 1 is 1.15 bits per heavy atom. The van der Waals surface area contributed by atoms with Crippen molar-refractivity contribution >= 4 is 15.9 Å². The van der Waals surface area contributed by atoms with Crippen molar-refractivity contribution in [3.8, 4) is 0 Å². The van der Waals surface area contributed by atoms with Gasteiger partial charge < -0.3 is 10.6 Å². The van der Waals surface area contributed by atoms with Crippen LogP contribution in [0.15, 0.2) is 0 Å². The minimum absolute atomic E-state index is 0.128. The summed E-state index contributed by atoms with van der Waals surface area (Å²) >= 11 is 0. The number of hydrogen-bond acceptors (Lipinski definition) is 4. The number of rotatable bonds is 3. The third-order valence-corrected chi connectivity index (χ3v) is 5.73. The van der Waals surface area contributed by atoms with Crippen LogP contribution < -0.4 is 5.73 Å². The molecule has 6 nitrogen and oxygen atoms in total. The molecule has 1 saturated heterocycles. The highest BCUT2D eigenvalue weighted by Crippen LogP contribution is 2.27. The molecule has 0 radical (unpaired) electrons. The van der Waals surface area contributed by atoms with E-state index in [1.165, 1.54) is 10.6 Å². The average molecular weight is 303 g/mol. The van der Waals surface area contributed by atoms with Crippen LogP contribution in [0.1, 0.15) is 32.1 Å². The van der Waals surface area contributed by atoms with Gasteiger partial charge in [0.15, 0.2) is 0 Å². The fourth-order valence-electron chi connectivity index (χ4n) is 3.15. The first-order chi connectivity index (χ1) is 9.38. The molecule has 0 aromatic heterocycles. The summed E-state index contributed by atoms with van der Waals surface area (Å²) in [5, 5.41) is 0. The quantitative estimate of drug-likeness (QED) is 0.795. The molecule has 1 aliphatic heterocycles. The predicted molar refractivity (Wildman–Crippen MR) is 77.5 cm³/mol. The van der Waals surface area contributed by atoms with Crippen molar-refractivity contribution < 1.29 is 13.2 Å². The highest BCUT2D eigenvalue weighted by atomic mass is 32.2. The summed E-state index contributed by atoms with van der Waals surface area (Å²) < 4.78 is 24.5. The van der Waals surface area contributed by atoms with Gasteiger partial charge in [-0.1, -0.05) is 6.42 Å². The van der Waals surface area contributed by atoms with Crippen LogP contribution in [0.3, 0.4) is 0 Å². The molecule has 0 aromatic carbocycles. The van der Waals surface area contributed by atoms with Crippen LogP contribution in [-0.4, -0.2) is 62.0 Å². The second kappa shape index (κ2) is 6.41. The summed E-state index contributed by atoms with van der Waals surface area (Å²) in [6.07, 6.45) is 5.61. The first-order valence-electron chi connectivity index (χ1n) is 7.36. The number of carbonyl (C=O) groups excluding carboxylic acids is 1. The first kappa shape index (κ1) is 15.7. The van der Waals surface area contributed by atoms with E-state index in [0.29, 0.717) is 44.9 Å². The lowest BCUT2D eigenvalue weighted by molar-refractivity contribution is -0.132. The van der Waals surface area contributed by atoms with Crippen LogP contribution in [0, 0.1) is 5.92 Å². The van der Waals surface area contributed by atoms with Crippen molar-refractivity contribution in [2.24, 2.45) is 11.7 Å². The zero-order valence-electron chi connectivity index (χ0n) is 12.1. The van der Waals surface area contributed by atoms with Crippen molar-refractivity contribution in [3.63, 3.8) is 0 Å². The summed E-state index contributed by atoms with van der Waals surface area (Å²) in [6.45, 7) is 2.05. The molecule has 1 heterocycles. The van der Waals surface area contributed by atoms with Gasteiger partial charge in [0.05, 0.1) is 6.26 Å². The van der Waals surface area contributed by atoms with Crippen molar-refractivity contribution in [2.75, 3.05) is 32.4 Å². The maximum Gasteiger partial charge on any atom is 0.222 e. The number of carbonyl (C=O) groups is 1. The molecule has 2 rings (SSSR count). The summed E-state index contributed by atoms with van der Waals surface area (Å²) in [5.74, 6) is 0.430. The number of sulfonamides is 1. The summed E-state index contributed by atoms with van der Waals surface area (Å²) in [7, 11) is -3.15. The van der Waals surface area contributed by atoms with Crippen molar-refractivity contribution in [1.82, 2.24) is 9.21 Å². The maximum atomic E-state index is 12.3. The van der Waals surface area contributed by atoms with E-state index in [1.807, 2.05) is 0 Å². The van der Waals surface area contributed by atoms with Crippen LogP contribution in [0.4, 0.5) is 0 Å². The Labute approximate surface area is 121 Å². The molecule has 2 atom stereocenters. The second-order valence-corrected chi connectivity index (χ2v) is 7.94. The van der Waals surface area contributed by atoms with E-state index in [-0.39, 0.29) is 11.9 Å². The lowest BCUT2D eigenvalue weighted by Gasteiger charge is -2.23. The molecule has 0 bridgehead atoms. The molecule has 0 unspecified atom stereocenters. The summed E-state index contributed by atoms with van der Waals surface area (Å²) in [4.78, 5) is 14.1. The first-order valence-corrected chi connectivity index (χ1v) is 9.21. The predicted octanol–water partition coefficient (Wildman–Crippen LogP) is -0.00220. The normalized spacial score (nSPS) is 29.4. The highest BCUT2D eigenvalue weighted by Gasteiger charge is 2.29. The molecule has 1 amide bonds. The van der Waals surface area contributed by atoms with Gasteiger partial charge in [-0.05, 0) is 25.2 Å². The molecule has 0 spiro atoms. The monoisotopic (exact) mass is 303 g/mol. The Morgan fingerprint density at radius 3 is 2.50 bits per heavy atom. The van der Waals surface area contributed by atoms with E-state index in [0.717, 1.165) is 19.3 Å². The SMILES string of the molecule is CS(=O)(=O)N1CCCN(C(=O)C[C@@H]2CCC[C@H]2N)CC1. The van der Waals surface area contributed by atoms with Gasteiger partial charge in [-0.3, -0.25) is 4.79 Å². The van der Waals surface area contributed by atoms with Gasteiger partial charge in [0.2, 0.25) is 15.9 Å². The highest BCUT2D eigenvalue weighted by molar-refractivity contribution is 7.88. The molecule has 7 heteroatoms. The molecular formula is C13H25N3O3S. The third-order valence-electron chi connectivity index (χ3n) is 4.43. The van der Waals surface area contributed by atoms with Crippen molar-refractivity contribution in [1.29, 1.82) is 0 Å². The minimum atomic E-state index is -3.15. The third kappa shape index (κ3) is 3.93. The standard InChI is InChI=1S/C13H25N3O3S/c1-20(18,19)16-7-3-6-15(8-9-16)13(17)10-11-4-2-5-12(11)14/h11-12H,2-10,14H2,1H3/t11-,12+/m0/s1. The Morgan fingerprint density at radius 2 is 1.90 bits per heavy atom. The largest absolute Gasteiger partial charge is 0.341 e. The molecule has 2 N–H and O–H groups in total. The summed E-state index contributed by atoms with van der Waals surface area (Å²) in [6, 6.07) is 0.151. The molecule has 2 aliphatic rings. The van der Waals surface area contributed by atoms with Crippen molar-refractivity contribution in [2.45, 2.75) is 38.1 Å². The molecule has 2 fully saturated rings. The fourth-order valence-corrected chi connectivity index (χ4v) is 4.02. The molecule has 1 aliphatic carbocycles. The van der Waals surface area contributed by atoms with E-state index in [1.54, 1.807) is 4.90 Å². The molecule has 20 heavy (non-hydrogen) atoms. The van der Waals surface area contributed by atoms with Gasteiger partial charge in [-0.15, -0.1) is 0 Å². The lowest BCUT2D eigenvalue weighted by atomic mass is 9.99. The van der Waals surface area contributed by atoms with Gasteiger partial charge in [-0.2, -0.15) is 0 Å². The Hall–Kier alpha value is -0.660. The Kier molecular flexibility index (Phi) is 5.04. The maximum absolute atomic E-state index is 12.3. The van der Waals surface area contributed by atoms with Gasteiger partial charge in [-0.25, -0.2) is 12.7 Å². The van der Waals surface area contributed by atoms with E-state index in [4.69, 9.17) is 5.73 Å². The van der Waals surface area contributed by atoms with Gasteiger partial charge in [0, 0.05) is 38.6 Å². The van der Waals surface area contributed by atoms with Crippen LogP contribution in [0.5, 0.6) is 0 Å². The fraction of sp³-hybridized carbons (Fsp3) is 0.923. The van der Waals surface area contributed by atoms with E-state index in [2.05, 4.69) is 0 Å². The van der Waals surface area contributed by atoms with Crippen molar-refractivity contribution in [3.05, 3.63) is 0 Å². The van der Waals surface area contributed by atoms with Crippen LogP contribution >= 0.6 is 0 Å². The average Bonchev–Trinajstić information content (AvgIpc) is 2.65. The number of amides is 1. The zero-order valence-corrected chi connectivity index (χ0v) is 12.9.